The second-order valence-electron chi connectivity index (χ2n) is 6.23. The Morgan fingerprint density at radius 3 is 2.44 bits per heavy atom. The van der Waals surface area contributed by atoms with Crippen LogP contribution in [0.4, 0.5) is 0 Å². The van der Waals surface area contributed by atoms with Crippen LogP contribution in [-0.2, 0) is 6.42 Å². The van der Waals surface area contributed by atoms with Gasteiger partial charge in [-0.3, -0.25) is 0 Å². The Bertz CT molecular complexity index is 338. The van der Waals surface area contributed by atoms with Gasteiger partial charge < -0.3 is 5.32 Å². The SMILES string of the molecule is CC(C)NCC1(CCCc2ccccc2)CCC1. The molecule has 0 spiro atoms. The van der Waals surface area contributed by atoms with Crippen molar-refractivity contribution < 1.29 is 0 Å². The first-order valence-corrected chi connectivity index (χ1v) is 7.48. The van der Waals surface area contributed by atoms with E-state index >= 15 is 0 Å². The van der Waals surface area contributed by atoms with Gasteiger partial charge in [-0.2, -0.15) is 0 Å². The van der Waals surface area contributed by atoms with Crippen LogP contribution >= 0.6 is 0 Å². The molecule has 1 nitrogen and oxygen atoms in total. The minimum Gasteiger partial charge on any atom is -0.314 e. The molecule has 1 aromatic rings. The summed E-state index contributed by atoms with van der Waals surface area (Å²) in [6, 6.07) is 11.5. The van der Waals surface area contributed by atoms with E-state index in [0.29, 0.717) is 11.5 Å². The first-order chi connectivity index (χ1) is 8.70. The van der Waals surface area contributed by atoms with E-state index in [1.807, 2.05) is 0 Å². The van der Waals surface area contributed by atoms with Gasteiger partial charge in [0.05, 0.1) is 0 Å². The first kappa shape index (κ1) is 13.6. The Labute approximate surface area is 112 Å². The van der Waals surface area contributed by atoms with E-state index in [4.69, 9.17) is 0 Å². The quantitative estimate of drug-likeness (QED) is 0.760. The van der Waals surface area contributed by atoms with Gasteiger partial charge in [0.1, 0.15) is 0 Å². The number of benzene rings is 1. The molecule has 1 N–H and O–H groups in total. The molecular formula is C17H27N. The molecule has 1 heteroatoms. The van der Waals surface area contributed by atoms with Crippen molar-refractivity contribution in [2.45, 2.75) is 58.4 Å². The predicted molar refractivity (Wildman–Crippen MR) is 78.8 cm³/mol. The second-order valence-corrected chi connectivity index (χ2v) is 6.23. The Morgan fingerprint density at radius 1 is 1.17 bits per heavy atom. The van der Waals surface area contributed by atoms with E-state index < -0.39 is 0 Å². The van der Waals surface area contributed by atoms with Crippen molar-refractivity contribution in [3.8, 4) is 0 Å². The summed E-state index contributed by atoms with van der Waals surface area (Å²) in [7, 11) is 0. The second kappa shape index (κ2) is 6.38. The summed E-state index contributed by atoms with van der Waals surface area (Å²) in [6.07, 6.45) is 8.27. The molecule has 0 heterocycles. The molecule has 0 atom stereocenters. The van der Waals surface area contributed by atoms with E-state index in [9.17, 15) is 0 Å². The maximum atomic E-state index is 3.64. The van der Waals surface area contributed by atoms with Crippen molar-refractivity contribution in [2.75, 3.05) is 6.54 Å². The Hall–Kier alpha value is -0.820. The van der Waals surface area contributed by atoms with E-state index in [2.05, 4.69) is 49.5 Å². The van der Waals surface area contributed by atoms with Crippen molar-refractivity contribution in [3.05, 3.63) is 35.9 Å². The lowest BCUT2D eigenvalue weighted by molar-refractivity contribution is 0.111. The standard InChI is InChI=1S/C17H27N/c1-15(2)18-14-17(12-7-13-17)11-6-10-16-8-4-3-5-9-16/h3-5,8-9,15,18H,6-7,10-14H2,1-2H3. The van der Waals surface area contributed by atoms with Gasteiger partial charge in [-0.1, -0.05) is 50.6 Å². The van der Waals surface area contributed by atoms with Crippen LogP contribution in [0.2, 0.25) is 0 Å². The molecule has 0 amide bonds. The Morgan fingerprint density at radius 2 is 1.89 bits per heavy atom. The Balaban J connectivity index is 1.74. The monoisotopic (exact) mass is 245 g/mol. The van der Waals surface area contributed by atoms with E-state index in [0.717, 1.165) is 0 Å². The van der Waals surface area contributed by atoms with Gasteiger partial charge in [-0.25, -0.2) is 0 Å². The number of rotatable bonds is 7. The summed E-state index contributed by atoms with van der Waals surface area (Å²) in [4.78, 5) is 0. The predicted octanol–water partition coefficient (Wildman–Crippen LogP) is 4.18. The van der Waals surface area contributed by atoms with Gasteiger partial charge in [0.25, 0.3) is 0 Å². The summed E-state index contributed by atoms with van der Waals surface area (Å²) < 4.78 is 0. The summed E-state index contributed by atoms with van der Waals surface area (Å²) >= 11 is 0. The molecule has 0 unspecified atom stereocenters. The van der Waals surface area contributed by atoms with Crippen LogP contribution in [0.3, 0.4) is 0 Å². The fraction of sp³-hybridized carbons (Fsp3) is 0.647. The zero-order chi connectivity index (χ0) is 12.8. The number of aryl methyl sites for hydroxylation is 1. The minimum absolute atomic E-state index is 0.622. The molecule has 100 valence electrons. The van der Waals surface area contributed by atoms with Crippen LogP contribution in [0.15, 0.2) is 30.3 Å². The van der Waals surface area contributed by atoms with E-state index in [-0.39, 0.29) is 0 Å². The van der Waals surface area contributed by atoms with Crippen molar-refractivity contribution >= 4 is 0 Å². The van der Waals surface area contributed by atoms with Crippen LogP contribution < -0.4 is 5.32 Å². The molecule has 2 rings (SSSR count). The van der Waals surface area contributed by atoms with Crippen LogP contribution in [0.5, 0.6) is 0 Å². The van der Waals surface area contributed by atoms with Gasteiger partial charge in [0.2, 0.25) is 0 Å². The lowest BCUT2D eigenvalue weighted by Gasteiger charge is -2.43. The molecule has 1 aliphatic carbocycles. The van der Waals surface area contributed by atoms with Gasteiger partial charge in [-0.05, 0) is 43.1 Å². The van der Waals surface area contributed by atoms with Crippen molar-refractivity contribution in [1.29, 1.82) is 0 Å². The van der Waals surface area contributed by atoms with Gasteiger partial charge in [-0.15, -0.1) is 0 Å². The van der Waals surface area contributed by atoms with Crippen LogP contribution in [0.1, 0.15) is 51.5 Å². The average Bonchev–Trinajstić information content (AvgIpc) is 2.32. The number of nitrogens with one attached hydrogen (secondary N) is 1. The van der Waals surface area contributed by atoms with Crippen molar-refractivity contribution in [2.24, 2.45) is 5.41 Å². The maximum absolute atomic E-state index is 3.64. The number of hydrogen-bond donors (Lipinski definition) is 1. The molecule has 1 aliphatic rings. The highest BCUT2D eigenvalue weighted by atomic mass is 14.9. The zero-order valence-electron chi connectivity index (χ0n) is 11.9. The maximum Gasteiger partial charge on any atom is 0.00106 e. The third-order valence-corrected chi connectivity index (χ3v) is 4.31. The molecule has 0 aliphatic heterocycles. The molecule has 0 radical (unpaired) electrons. The smallest absolute Gasteiger partial charge is 0.00106 e. The van der Waals surface area contributed by atoms with Crippen LogP contribution in [-0.4, -0.2) is 12.6 Å². The molecule has 1 fully saturated rings. The van der Waals surface area contributed by atoms with Crippen molar-refractivity contribution in [1.82, 2.24) is 5.32 Å². The lowest BCUT2D eigenvalue weighted by atomic mass is 9.65. The highest BCUT2D eigenvalue weighted by Crippen LogP contribution is 2.44. The van der Waals surface area contributed by atoms with E-state index in [1.54, 1.807) is 0 Å². The molecule has 1 aromatic carbocycles. The molecule has 0 bridgehead atoms. The minimum atomic E-state index is 0.622. The van der Waals surface area contributed by atoms with Crippen LogP contribution in [0, 0.1) is 5.41 Å². The highest BCUT2D eigenvalue weighted by Gasteiger charge is 2.35. The van der Waals surface area contributed by atoms with Gasteiger partial charge in [0.15, 0.2) is 0 Å². The molecule has 0 saturated heterocycles. The number of hydrogen-bond acceptors (Lipinski definition) is 1. The molecular weight excluding hydrogens is 218 g/mol. The third-order valence-electron chi connectivity index (χ3n) is 4.31. The normalized spacial score (nSPS) is 17.7. The van der Waals surface area contributed by atoms with Gasteiger partial charge >= 0.3 is 0 Å². The third kappa shape index (κ3) is 3.84. The van der Waals surface area contributed by atoms with Crippen LogP contribution in [0.25, 0.3) is 0 Å². The first-order valence-electron chi connectivity index (χ1n) is 7.48. The summed E-state index contributed by atoms with van der Waals surface area (Å²) in [5.41, 5.74) is 2.11. The zero-order valence-corrected chi connectivity index (χ0v) is 11.9. The topological polar surface area (TPSA) is 12.0 Å². The summed E-state index contributed by atoms with van der Waals surface area (Å²) in [6.45, 7) is 5.71. The highest BCUT2D eigenvalue weighted by molar-refractivity contribution is 5.14. The molecule has 18 heavy (non-hydrogen) atoms. The molecule has 0 aromatic heterocycles. The fourth-order valence-corrected chi connectivity index (χ4v) is 2.92. The van der Waals surface area contributed by atoms with E-state index in [1.165, 1.54) is 50.6 Å². The average molecular weight is 245 g/mol. The van der Waals surface area contributed by atoms with Gasteiger partial charge in [0, 0.05) is 12.6 Å². The van der Waals surface area contributed by atoms with Crippen molar-refractivity contribution in [3.63, 3.8) is 0 Å². The largest absolute Gasteiger partial charge is 0.314 e. The summed E-state index contributed by atoms with van der Waals surface area (Å²) in [5, 5.41) is 3.64. The lowest BCUT2D eigenvalue weighted by Crippen LogP contribution is -2.42. The molecule has 1 saturated carbocycles. The summed E-state index contributed by atoms with van der Waals surface area (Å²) in [5.74, 6) is 0. The Kier molecular flexibility index (Phi) is 4.82. The fourth-order valence-electron chi connectivity index (χ4n) is 2.92.